The van der Waals surface area contributed by atoms with Gasteiger partial charge >= 0.3 is 0 Å². The van der Waals surface area contributed by atoms with Gasteiger partial charge in [0.15, 0.2) is 0 Å². The van der Waals surface area contributed by atoms with E-state index >= 15 is 0 Å². The van der Waals surface area contributed by atoms with Gasteiger partial charge in [-0.15, -0.1) is 11.3 Å². The number of rotatable bonds is 3. The fourth-order valence-electron chi connectivity index (χ4n) is 0.791. The van der Waals surface area contributed by atoms with Crippen LogP contribution in [0.3, 0.4) is 0 Å². The summed E-state index contributed by atoms with van der Waals surface area (Å²) in [6.45, 7) is 0. The Balaban J connectivity index is 2.71. The summed E-state index contributed by atoms with van der Waals surface area (Å²) in [5.74, 6) is -0.438. The van der Waals surface area contributed by atoms with Crippen molar-refractivity contribution in [2.24, 2.45) is 11.5 Å². The van der Waals surface area contributed by atoms with Gasteiger partial charge in [-0.1, -0.05) is 11.6 Å². The average Bonchev–Trinajstić information content (AvgIpc) is 2.33. The van der Waals surface area contributed by atoms with Crippen LogP contribution in [0.4, 0.5) is 0 Å². The molecule has 1 rings (SSSR count). The lowest BCUT2D eigenvalue weighted by atomic mass is 10.2. The summed E-state index contributed by atoms with van der Waals surface area (Å²) in [6.07, 6.45) is 0.0991. The van der Waals surface area contributed by atoms with Gasteiger partial charge in [0, 0.05) is 6.42 Å². The molecular weight excluding hydrogens is 198 g/mol. The zero-order chi connectivity index (χ0) is 9.14. The monoisotopic (exact) mass is 205 g/mol. The number of nitrogens with two attached hydrogens (primary N) is 2. The molecule has 1 aromatic rings. The highest BCUT2D eigenvalue weighted by atomic mass is 35.5. The van der Waals surface area contributed by atoms with Crippen molar-refractivity contribution in [3.05, 3.63) is 15.5 Å². The second-order valence-corrected chi connectivity index (χ2v) is 3.53. The number of carbonyl (C=O) groups is 1. The summed E-state index contributed by atoms with van der Waals surface area (Å²) in [5, 5.41) is 0.355. The Hall–Kier alpha value is -0.650. The highest BCUT2D eigenvalue weighted by molar-refractivity contribution is 7.10. The molecule has 0 aliphatic heterocycles. The molecule has 0 aliphatic carbocycles. The predicted octanol–water partition coefficient (Wildman–Crippen LogP) is 0.672. The van der Waals surface area contributed by atoms with Crippen LogP contribution in [0.5, 0.6) is 0 Å². The van der Waals surface area contributed by atoms with E-state index in [1.54, 1.807) is 5.51 Å². The Morgan fingerprint density at radius 1 is 1.83 bits per heavy atom. The van der Waals surface area contributed by atoms with E-state index in [-0.39, 0.29) is 6.42 Å². The van der Waals surface area contributed by atoms with E-state index in [0.29, 0.717) is 10.0 Å². The first-order valence-electron chi connectivity index (χ1n) is 3.24. The molecule has 1 atom stereocenters. The molecule has 1 heterocycles. The minimum atomic E-state index is -0.438. The van der Waals surface area contributed by atoms with Crippen LogP contribution < -0.4 is 11.5 Å². The minimum Gasteiger partial charge on any atom is -0.370 e. The van der Waals surface area contributed by atoms with E-state index in [1.807, 2.05) is 0 Å². The third kappa shape index (κ3) is 2.17. The van der Waals surface area contributed by atoms with Gasteiger partial charge in [0.25, 0.3) is 0 Å². The molecule has 12 heavy (non-hydrogen) atoms. The van der Waals surface area contributed by atoms with Gasteiger partial charge in [-0.05, 0) is 0 Å². The zero-order valence-electron chi connectivity index (χ0n) is 6.16. The van der Waals surface area contributed by atoms with Crippen molar-refractivity contribution < 1.29 is 4.79 Å². The van der Waals surface area contributed by atoms with Crippen LogP contribution >= 0.6 is 22.9 Å². The van der Waals surface area contributed by atoms with Crippen molar-refractivity contribution in [3.63, 3.8) is 0 Å². The van der Waals surface area contributed by atoms with E-state index < -0.39 is 11.9 Å². The summed E-state index contributed by atoms with van der Waals surface area (Å²) in [6, 6.07) is -0.428. The molecule has 0 saturated carbocycles. The normalized spacial score (nSPS) is 12.8. The molecule has 4 nitrogen and oxygen atoms in total. The number of hydrogen-bond donors (Lipinski definition) is 2. The molecule has 0 aromatic carbocycles. The van der Waals surface area contributed by atoms with Gasteiger partial charge in [0.05, 0.1) is 16.4 Å². The van der Waals surface area contributed by atoms with Gasteiger partial charge in [0.2, 0.25) is 5.91 Å². The van der Waals surface area contributed by atoms with Crippen LogP contribution in [0, 0.1) is 0 Å². The van der Waals surface area contributed by atoms with Crippen molar-refractivity contribution in [1.29, 1.82) is 0 Å². The number of thiazole rings is 1. The highest BCUT2D eigenvalue weighted by Crippen LogP contribution is 2.25. The van der Waals surface area contributed by atoms with Crippen LogP contribution in [0.25, 0.3) is 0 Å². The molecule has 1 aromatic heterocycles. The topological polar surface area (TPSA) is 82.0 Å². The molecule has 4 N–H and O–H groups in total. The molecule has 1 amide bonds. The molecule has 0 unspecified atom stereocenters. The molecular formula is C6H8ClN3OS. The summed E-state index contributed by atoms with van der Waals surface area (Å²) in [4.78, 5) is 15.0. The smallest absolute Gasteiger partial charge is 0.219 e. The van der Waals surface area contributed by atoms with Crippen LogP contribution in [0.2, 0.25) is 5.15 Å². The molecule has 0 spiro atoms. The number of halogens is 1. The SMILES string of the molecule is NC(=O)C[C@@H](N)c1scnc1Cl. The van der Waals surface area contributed by atoms with Crippen LogP contribution in [-0.2, 0) is 4.79 Å². The summed E-state index contributed by atoms with van der Waals surface area (Å²) in [7, 11) is 0. The Bertz CT molecular complexity index is 288. The van der Waals surface area contributed by atoms with Crippen molar-refractivity contribution in [1.82, 2.24) is 4.98 Å². The maximum atomic E-state index is 10.5. The summed E-state index contributed by atoms with van der Waals surface area (Å²) >= 11 is 7.01. The first-order valence-corrected chi connectivity index (χ1v) is 4.49. The Morgan fingerprint density at radius 2 is 2.50 bits per heavy atom. The third-order valence-corrected chi connectivity index (χ3v) is 2.68. The summed E-state index contributed by atoms with van der Waals surface area (Å²) < 4.78 is 0. The first kappa shape index (κ1) is 9.44. The van der Waals surface area contributed by atoms with Gasteiger partial charge in [-0.25, -0.2) is 4.98 Å². The zero-order valence-corrected chi connectivity index (χ0v) is 7.73. The Labute approximate surface area is 78.5 Å². The van der Waals surface area contributed by atoms with Gasteiger partial charge in [-0.3, -0.25) is 4.79 Å². The maximum Gasteiger partial charge on any atom is 0.219 e. The first-order chi connectivity index (χ1) is 5.61. The number of amides is 1. The summed E-state index contributed by atoms with van der Waals surface area (Å²) in [5.41, 5.74) is 12.2. The predicted molar refractivity (Wildman–Crippen MR) is 47.9 cm³/mol. The van der Waals surface area contributed by atoms with E-state index in [2.05, 4.69) is 4.98 Å². The quantitative estimate of drug-likeness (QED) is 0.761. The standard InChI is InChI=1S/C6H8ClN3OS/c7-6-5(12-2-10-6)3(8)1-4(9)11/h2-3H,1,8H2,(H2,9,11)/t3-/m1/s1. The average molecular weight is 206 g/mol. The molecule has 0 bridgehead atoms. The Kier molecular flexibility index (Phi) is 3.02. The number of nitrogens with zero attached hydrogens (tertiary/aromatic N) is 1. The number of aromatic nitrogens is 1. The fourth-order valence-corrected chi connectivity index (χ4v) is 1.85. The van der Waals surface area contributed by atoms with E-state index in [1.165, 1.54) is 11.3 Å². The van der Waals surface area contributed by atoms with E-state index in [0.717, 1.165) is 0 Å². The lowest BCUT2D eigenvalue weighted by molar-refractivity contribution is -0.118. The second-order valence-electron chi connectivity index (χ2n) is 2.28. The Morgan fingerprint density at radius 3 is 2.92 bits per heavy atom. The third-order valence-electron chi connectivity index (χ3n) is 1.31. The number of primary amides is 1. The van der Waals surface area contributed by atoms with Crippen molar-refractivity contribution in [2.45, 2.75) is 12.5 Å². The largest absolute Gasteiger partial charge is 0.370 e. The van der Waals surface area contributed by atoms with Gasteiger partial charge < -0.3 is 11.5 Å². The van der Waals surface area contributed by atoms with E-state index in [9.17, 15) is 4.79 Å². The second kappa shape index (κ2) is 3.84. The van der Waals surface area contributed by atoms with E-state index in [4.69, 9.17) is 23.1 Å². The van der Waals surface area contributed by atoms with Gasteiger partial charge in [-0.2, -0.15) is 0 Å². The molecule has 6 heteroatoms. The molecule has 0 fully saturated rings. The van der Waals surface area contributed by atoms with Crippen molar-refractivity contribution in [3.8, 4) is 0 Å². The minimum absolute atomic E-state index is 0.0991. The lowest BCUT2D eigenvalue weighted by Gasteiger charge is -2.05. The number of hydrogen-bond acceptors (Lipinski definition) is 4. The molecule has 0 aliphatic rings. The van der Waals surface area contributed by atoms with Crippen LogP contribution in [-0.4, -0.2) is 10.9 Å². The lowest BCUT2D eigenvalue weighted by Crippen LogP contribution is -2.20. The maximum absolute atomic E-state index is 10.5. The van der Waals surface area contributed by atoms with Gasteiger partial charge in [0.1, 0.15) is 5.15 Å². The highest BCUT2D eigenvalue weighted by Gasteiger charge is 2.14. The van der Waals surface area contributed by atoms with Crippen molar-refractivity contribution >= 4 is 28.8 Å². The van der Waals surface area contributed by atoms with Crippen LogP contribution in [0.15, 0.2) is 5.51 Å². The van der Waals surface area contributed by atoms with Crippen molar-refractivity contribution in [2.75, 3.05) is 0 Å². The fraction of sp³-hybridized carbons (Fsp3) is 0.333. The number of carbonyl (C=O) groups excluding carboxylic acids is 1. The molecule has 66 valence electrons. The van der Waals surface area contributed by atoms with Crippen LogP contribution in [0.1, 0.15) is 17.3 Å². The molecule has 0 saturated heterocycles. The molecule has 0 radical (unpaired) electrons.